The number of rotatable bonds is 1. The molecule has 0 atom stereocenters. The summed E-state index contributed by atoms with van der Waals surface area (Å²) >= 11 is 6.06. The number of fused-ring (bicyclic) bond motifs is 1. The van der Waals surface area contributed by atoms with Crippen molar-refractivity contribution in [3.8, 4) is 5.75 Å². The maximum Gasteiger partial charge on any atom is 0.255 e. The van der Waals surface area contributed by atoms with E-state index in [-0.39, 0.29) is 11.7 Å². The molecule has 1 aliphatic rings. The molecule has 0 aromatic heterocycles. The number of anilines is 1. The van der Waals surface area contributed by atoms with E-state index in [0.717, 1.165) is 12.0 Å². The van der Waals surface area contributed by atoms with Gasteiger partial charge >= 0.3 is 0 Å². The normalized spacial score (nSPS) is 13.9. The molecule has 1 amide bonds. The van der Waals surface area contributed by atoms with Gasteiger partial charge in [0, 0.05) is 18.8 Å². The molecule has 0 spiro atoms. The van der Waals surface area contributed by atoms with Crippen molar-refractivity contribution in [1.29, 1.82) is 0 Å². The molecule has 0 fully saturated rings. The van der Waals surface area contributed by atoms with Crippen LogP contribution in [0.3, 0.4) is 0 Å². The Kier molecular flexibility index (Phi) is 3.47. The van der Waals surface area contributed by atoms with Crippen LogP contribution in [-0.2, 0) is 13.0 Å². The fourth-order valence-corrected chi connectivity index (χ4v) is 2.83. The van der Waals surface area contributed by atoms with Gasteiger partial charge in [0.25, 0.3) is 5.91 Å². The van der Waals surface area contributed by atoms with Crippen molar-refractivity contribution in [2.45, 2.75) is 13.0 Å². The predicted molar refractivity (Wildman–Crippen MR) is 82.4 cm³/mol. The van der Waals surface area contributed by atoms with Gasteiger partial charge in [0.15, 0.2) is 0 Å². The van der Waals surface area contributed by atoms with Crippen LogP contribution in [0, 0.1) is 0 Å². The first-order valence-corrected chi connectivity index (χ1v) is 7.08. The minimum atomic E-state index is -0.190. The van der Waals surface area contributed by atoms with Crippen molar-refractivity contribution in [2.24, 2.45) is 0 Å². The number of nitrogens with two attached hydrogens (primary N) is 1. The molecule has 0 aliphatic carbocycles. The number of hydrogen-bond donors (Lipinski definition) is 2. The molecule has 108 valence electrons. The number of nitrogen functional groups attached to an aromatic ring is 1. The second-order valence-corrected chi connectivity index (χ2v) is 5.53. The third-order valence-electron chi connectivity index (χ3n) is 3.78. The van der Waals surface area contributed by atoms with Gasteiger partial charge in [-0.3, -0.25) is 4.79 Å². The van der Waals surface area contributed by atoms with E-state index in [0.29, 0.717) is 29.4 Å². The van der Waals surface area contributed by atoms with E-state index in [2.05, 4.69) is 0 Å². The third kappa shape index (κ3) is 2.54. The molecule has 0 saturated carbocycles. The Balaban J connectivity index is 1.91. The Hall–Kier alpha value is -2.20. The van der Waals surface area contributed by atoms with Crippen LogP contribution in [0.4, 0.5) is 5.69 Å². The number of carbonyl (C=O) groups excluding carboxylic acids is 1. The van der Waals surface area contributed by atoms with Crippen LogP contribution in [0.15, 0.2) is 36.4 Å². The molecule has 0 saturated heterocycles. The van der Waals surface area contributed by atoms with Crippen LogP contribution in [0.2, 0.25) is 5.02 Å². The van der Waals surface area contributed by atoms with Gasteiger partial charge < -0.3 is 15.7 Å². The molecule has 21 heavy (non-hydrogen) atoms. The van der Waals surface area contributed by atoms with Crippen molar-refractivity contribution >= 4 is 23.2 Å². The van der Waals surface area contributed by atoms with Gasteiger partial charge in [0.05, 0.1) is 10.6 Å². The summed E-state index contributed by atoms with van der Waals surface area (Å²) in [5, 5.41) is 9.87. The first-order valence-electron chi connectivity index (χ1n) is 6.70. The number of carbonyl (C=O) groups is 1. The first-order chi connectivity index (χ1) is 10.1. The van der Waals surface area contributed by atoms with Gasteiger partial charge in [-0.1, -0.05) is 23.7 Å². The highest BCUT2D eigenvalue weighted by Gasteiger charge is 2.24. The molecule has 0 radical (unpaired) electrons. The zero-order valence-corrected chi connectivity index (χ0v) is 12.1. The number of phenolic OH excluding ortho intramolecular Hbond substituents is 1. The fraction of sp³-hybridized carbons (Fsp3) is 0.188. The number of benzene rings is 2. The highest BCUT2D eigenvalue weighted by atomic mass is 35.5. The molecule has 5 heteroatoms. The maximum absolute atomic E-state index is 12.6. The Morgan fingerprint density at radius 3 is 2.90 bits per heavy atom. The zero-order chi connectivity index (χ0) is 15.0. The van der Waals surface area contributed by atoms with Gasteiger partial charge in [-0.15, -0.1) is 0 Å². The number of halogens is 1. The summed E-state index contributed by atoms with van der Waals surface area (Å²) in [5.41, 5.74) is 9.18. The standard InChI is InChI=1S/C16H15ClN2O2/c17-14-5-4-11(20)8-12(14)16(21)19-7-6-10-2-1-3-15(18)13(10)9-19/h1-5,8,20H,6-7,9,18H2. The summed E-state index contributed by atoms with van der Waals surface area (Å²) in [6.45, 7) is 1.08. The van der Waals surface area contributed by atoms with Crippen molar-refractivity contribution in [1.82, 2.24) is 4.90 Å². The molecule has 2 aromatic carbocycles. The third-order valence-corrected chi connectivity index (χ3v) is 4.11. The molecule has 1 aliphatic heterocycles. The van der Waals surface area contributed by atoms with Crippen molar-refractivity contribution < 1.29 is 9.90 Å². The molecule has 2 aromatic rings. The topological polar surface area (TPSA) is 66.6 Å². The minimum Gasteiger partial charge on any atom is -0.508 e. The molecule has 1 heterocycles. The van der Waals surface area contributed by atoms with E-state index in [1.165, 1.54) is 23.8 Å². The second-order valence-electron chi connectivity index (χ2n) is 5.13. The smallest absolute Gasteiger partial charge is 0.255 e. The first kappa shape index (κ1) is 13.8. The Morgan fingerprint density at radius 1 is 1.29 bits per heavy atom. The summed E-state index contributed by atoms with van der Waals surface area (Å²) in [6.07, 6.45) is 0.766. The fourth-order valence-electron chi connectivity index (χ4n) is 2.63. The number of amides is 1. The second kappa shape index (κ2) is 5.30. The van der Waals surface area contributed by atoms with Crippen LogP contribution in [0.1, 0.15) is 21.5 Å². The van der Waals surface area contributed by atoms with E-state index in [9.17, 15) is 9.90 Å². The molecular weight excluding hydrogens is 288 g/mol. The van der Waals surface area contributed by atoms with Gasteiger partial charge in [-0.05, 0) is 41.8 Å². The minimum absolute atomic E-state index is 0.0275. The van der Waals surface area contributed by atoms with E-state index >= 15 is 0 Å². The molecular formula is C16H15ClN2O2. The van der Waals surface area contributed by atoms with Crippen LogP contribution < -0.4 is 5.73 Å². The lowest BCUT2D eigenvalue weighted by atomic mass is 9.97. The zero-order valence-electron chi connectivity index (χ0n) is 11.3. The van der Waals surface area contributed by atoms with Gasteiger partial charge in [-0.25, -0.2) is 0 Å². The van der Waals surface area contributed by atoms with Crippen molar-refractivity contribution in [3.63, 3.8) is 0 Å². The number of phenols is 1. The molecule has 4 nitrogen and oxygen atoms in total. The van der Waals surface area contributed by atoms with Crippen molar-refractivity contribution in [2.75, 3.05) is 12.3 Å². The van der Waals surface area contributed by atoms with Gasteiger partial charge in [0.2, 0.25) is 0 Å². The Labute approximate surface area is 127 Å². The number of nitrogens with zero attached hydrogens (tertiary/aromatic N) is 1. The summed E-state index contributed by atoms with van der Waals surface area (Å²) in [6, 6.07) is 10.2. The van der Waals surface area contributed by atoms with Crippen LogP contribution in [-0.4, -0.2) is 22.5 Å². The van der Waals surface area contributed by atoms with E-state index in [1.54, 1.807) is 4.90 Å². The lowest BCUT2D eigenvalue weighted by Crippen LogP contribution is -2.36. The summed E-state index contributed by atoms with van der Waals surface area (Å²) in [4.78, 5) is 14.3. The lowest BCUT2D eigenvalue weighted by Gasteiger charge is -2.30. The van der Waals surface area contributed by atoms with Crippen LogP contribution in [0.5, 0.6) is 5.75 Å². The Morgan fingerprint density at radius 2 is 2.10 bits per heavy atom. The SMILES string of the molecule is Nc1cccc2c1CN(C(=O)c1cc(O)ccc1Cl)CC2. The number of hydrogen-bond acceptors (Lipinski definition) is 3. The molecule has 3 N–H and O–H groups in total. The summed E-state index contributed by atoms with van der Waals surface area (Å²) in [5.74, 6) is -0.163. The van der Waals surface area contributed by atoms with E-state index in [4.69, 9.17) is 17.3 Å². The van der Waals surface area contributed by atoms with Crippen LogP contribution >= 0.6 is 11.6 Å². The van der Waals surface area contributed by atoms with Gasteiger partial charge in [-0.2, -0.15) is 0 Å². The van der Waals surface area contributed by atoms with Crippen molar-refractivity contribution in [3.05, 3.63) is 58.1 Å². The lowest BCUT2D eigenvalue weighted by molar-refractivity contribution is 0.0735. The predicted octanol–water partition coefficient (Wildman–Crippen LogP) is 2.83. The van der Waals surface area contributed by atoms with E-state index < -0.39 is 0 Å². The average molecular weight is 303 g/mol. The molecule has 0 bridgehead atoms. The maximum atomic E-state index is 12.6. The highest BCUT2D eigenvalue weighted by molar-refractivity contribution is 6.33. The summed E-state index contributed by atoms with van der Waals surface area (Å²) in [7, 11) is 0. The largest absolute Gasteiger partial charge is 0.508 e. The molecule has 3 rings (SSSR count). The van der Waals surface area contributed by atoms with E-state index in [1.807, 2.05) is 18.2 Å². The monoisotopic (exact) mass is 302 g/mol. The van der Waals surface area contributed by atoms with Crippen LogP contribution in [0.25, 0.3) is 0 Å². The average Bonchev–Trinajstić information content (AvgIpc) is 2.49. The molecule has 0 unspecified atom stereocenters. The Bertz CT molecular complexity index is 715. The number of aromatic hydroxyl groups is 1. The highest BCUT2D eigenvalue weighted by Crippen LogP contribution is 2.28. The quantitative estimate of drug-likeness (QED) is 0.796. The summed E-state index contributed by atoms with van der Waals surface area (Å²) < 4.78 is 0. The van der Waals surface area contributed by atoms with Gasteiger partial charge in [0.1, 0.15) is 5.75 Å².